The fourth-order valence-corrected chi connectivity index (χ4v) is 1.96. The van der Waals surface area contributed by atoms with E-state index in [2.05, 4.69) is 0 Å². The molecular weight excluding hydrogens is 224 g/mol. The van der Waals surface area contributed by atoms with Gasteiger partial charge in [-0.3, -0.25) is 4.79 Å². The van der Waals surface area contributed by atoms with Crippen LogP contribution in [0.4, 0.5) is 0 Å². The molecule has 0 radical (unpaired) electrons. The lowest BCUT2D eigenvalue weighted by molar-refractivity contribution is 0.103. The molecule has 2 aromatic rings. The second kappa shape index (κ2) is 5.05. The predicted octanol–water partition coefficient (Wildman–Crippen LogP) is 3.54. The summed E-state index contributed by atoms with van der Waals surface area (Å²) in [5.74, 6) is 0.622. The second-order valence-corrected chi connectivity index (χ2v) is 4.35. The Morgan fingerprint density at radius 2 is 1.72 bits per heavy atom. The molecule has 0 amide bonds. The maximum absolute atomic E-state index is 12.5. The number of benzene rings is 2. The SMILES string of the molecule is COc1ccccc1C(=O)c1cc(C)ccc1C. The van der Waals surface area contributed by atoms with Gasteiger partial charge in [-0.05, 0) is 37.6 Å². The fraction of sp³-hybridized carbons (Fsp3) is 0.188. The smallest absolute Gasteiger partial charge is 0.197 e. The van der Waals surface area contributed by atoms with Gasteiger partial charge >= 0.3 is 0 Å². The molecule has 0 bridgehead atoms. The van der Waals surface area contributed by atoms with Crippen LogP contribution in [-0.2, 0) is 0 Å². The highest BCUT2D eigenvalue weighted by Crippen LogP contribution is 2.23. The van der Waals surface area contributed by atoms with Gasteiger partial charge in [0, 0.05) is 5.56 Å². The van der Waals surface area contributed by atoms with E-state index in [1.807, 2.05) is 44.2 Å². The average Bonchev–Trinajstić information content (AvgIpc) is 2.40. The van der Waals surface area contributed by atoms with Crippen molar-refractivity contribution in [1.29, 1.82) is 0 Å². The topological polar surface area (TPSA) is 26.3 Å². The van der Waals surface area contributed by atoms with E-state index in [1.165, 1.54) is 0 Å². The number of carbonyl (C=O) groups excluding carboxylic acids is 1. The number of hydrogen-bond acceptors (Lipinski definition) is 2. The molecule has 0 spiro atoms. The zero-order valence-electron chi connectivity index (χ0n) is 10.9. The van der Waals surface area contributed by atoms with Crippen LogP contribution in [0.15, 0.2) is 42.5 Å². The molecule has 2 nitrogen and oxygen atoms in total. The Balaban J connectivity index is 2.51. The van der Waals surface area contributed by atoms with Crippen molar-refractivity contribution in [2.75, 3.05) is 7.11 Å². The van der Waals surface area contributed by atoms with Gasteiger partial charge in [0.15, 0.2) is 5.78 Å². The summed E-state index contributed by atoms with van der Waals surface area (Å²) in [7, 11) is 1.58. The van der Waals surface area contributed by atoms with Crippen molar-refractivity contribution in [3.8, 4) is 5.75 Å². The molecule has 2 rings (SSSR count). The molecule has 2 heteroatoms. The number of hydrogen-bond donors (Lipinski definition) is 0. The van der Waals surface area contributed by atoms with E-state index >= 15 is 0 Å². The maximum atomic E-state index is 12.5. The Morgan fingerprint density at radius 1 is 1.00 bits per heavy atom. The first kappa shape index (κ1) is 12.4. The molecule has 0 heterocycles. The van der Waals surface area contributed by atoms with Crippen molar-refractivity contribution in [3.63, 3.8) is 0 Å². The molecule has 0 fully saturated rings. The molecule has 2 aromatic carbocycles. The van der Waals surface area contributed by atoms with Gasteiger partial charge in [-0.25, -0.2) is 0 Å². The van der Waals surface area contributed by atoms with Gasteiger partial charge in [-0.2, -0.15) is 0 Å². The summed E-state index contributed by atoms with van der Waals surface area (Å²) >= 11 is 0. The lowest BCUT2D eigenvalue weighted by atomic mass is 9.97. The van der Waals surface area contributed by atoms with Gasteiger partial charge in [-0.1, -0.05) is 29.8 Å². The van der Waals surface area contributed by atoms with Crippen LogP contribution >= 0.6 is 0 Å². The highest BCUT2D eigenvalue weighted by Gasteiger charge is 2.15. The zero-order valence-corrected chi connectivity index (χ0v) is 10.9. The monoisotopic (exact) mass is 240 g/mol. The van der Waals surface area contributed by atoms with E-state index < -0.39 is 0 Å². The lowest BCUT2D eigenvalue weighted by Crippen LogP contribution is -2.06. The first-order chi connectivity index (χ1) is 8.63. The zero-order chi connectivity index (χ0) is 13.1. The highest BCUT2D eigenvalue weighted by molar-refractivity contribution is 6.11. The minimum absolute atomic E-state index is 0.00801. The van der Waals surface area contributed by atoms with E-state index in [0.717, 1.165) is 16.7 Å². The molecule has 0 saturated heterocycles. The molecular formula is C16H16O2. The van der Waals surface area contributed by atoms with Crippen molar-refractivity contribution in [1.82, 2.24) is 0 Å². The van der Waals surface area contributed by atoms with Crippen LogP contribution in [0.1, 0.15) is 27.0 Å². The van der Waals surface area contributed by atoms with Crippen molar-refractivity contribution in [3.05, 3.63) is 64.7 Å². The number of carbonyl (C=O) groups is 1. The molecule has 0 aliphatic rings. The predicted molar refractivity (Wildman–Crippen MR) is 72.3 cm³/mol. The summed E-state index contributed by atoms with van der Waals surface area (Å²) in [6.45, 7) is 3.93. The van der Waals surface area contributed by atoms with E-state index in [1.54, 1.807) is 19.2 Å². The standard InChI is InChI=1S/C16H16O2/c1-11-8-9-12(2)14(10-11)16(17)13-6-4-5-7-15(13)18-3/h4-10H,1-3H3. The summed E-state index contributed by atoms with van der Waals surface area (Å²) in [4.78, 5) is 12.5. The first-order valence-electron chi connectivity index (χ1n) is 5.88. The number of para-hydroxylation sites is 1. The van der Waals surface area contributed by atoms with E-state index in [-0.39, 0.29) is 5.78 Å². The van der Waals surface area contributed by atoms with Crippen LogP contribution in [-0.4, -0.2) is 12.9 Å². The van der Waals surface area contributed by atoms with E-state index in [4.69, 9.17) is 4.74 Å². The van der Waals surface area contributed by atoms with Crippen molar-refractivity contribution >= 4 is 5.78 Å². The summed E-state index contributed by atoms with van der Waals surface area (Å²) in [6.07, 6.45) is 0. The van der Waals surface area contributed by atoms with Crippen LogP contribution in [0, 0.1) is 13.8 Å². The average molecular weight is 240 g/mol. The summed E-state index contributed by atoms with van der Waals surface area (Å²) in [6, 6.07) is 13.2. The molecule has 0 N–H and O–H groups in total. The summed E-state index contributed by atoms with van der Waals surface area (Å²) in [5, 5.41) is 0. The van der Waals surface area contributed by atoms with Gasteiger partial charge < -0.3 is 4.74 Å². The van der Waals surface area contributed by atoms with E-state index in [9.17, 15) is 4.79 Å². The second-order valence-electron chi connectivity index (χ2n) is 4.35. The molecule has 92 valence electrons. The van der Waals surface area contributed by atoms with Crippen LogP contribution in [0.2, 0.25) is 0 Å². The Labute approximate surface area is 107 Å². The van der Waals surface area contributed by atoms with Gasteiger partial charge in [0.1, 0.15) is 5.75 Å². The molecule has 0 unspecified atom stereocenters. The Morgan fingerprint density at radius 3 is 2.44 bits per heavy atom. The summed E-state index contributed by atoms with van der Waals surface area (Å²) < 4.78 is 5.24. The van der Waals surface area contributed by atoms with Crippen LogP contribution in [0.3, 0.4) is 0 Å². The third-order valence-electron chi connectivity index (χ3n) is 2.99. The molecule has 0 atom stereocenters. The Hall–Kier alpha value is -2.09. The number of methoxy groups -OCH3 is 1. The van der Waals surface area contributed by atoms with Gasteiger partial charge in [0.05, 0.1) is 12.7 Å². The summed E-state index contributed by atoms with van der Waals surface area (Å²) in [5.41, 5.74) is 3.41. The molecule has 0 aromatic heterocycles. The van der Waals surface area contributed by atoms with Crippen molar-refractivity contribution in [2.45, 2.75) is 13.8 Å². The first-order valence-corrected chi connectivity index (χ1v) is 5.88. The van der Waals surface area contributed by atoms with Crippen molar-refractivity contribution < 1.29 is 9.53 Å². The van der Waals surface area contributed by atoms with Crippen LogP contribution < -0.4 is 4.74 Å². The van der Waals surface area contributed by atoms with Gasteiger partial charge in [-0.15, -0.1) is 0 Å². The van der Waals surface area contributed by atoms with Crippen LogP contribution in [0.5, 0.6) is 5.75 Å². The fourth-order valence-electron chi connectivity index (χ4n) is 1.96. The number of rotatable bonds is 3. The highest BCUT2D eigenvalue weighted by atomic mass is 16.5. The number of ether oxygens (including phenoxy) is 1. The van der Waals surface area contributed by atoms with Crippen molar-refractivity contribution in [2.24, 2.45) is 0 Å². The van der Waals surface area contributed by atoms with Gasteiger partial charge in [0.25, 0.3) is 0 Å². The quantitative estimate of drug-likeness (QED) is 0.767. The third-order valence-corrected chi connectivity index (χ3v) is 2.99. The molecule has 0 saturated carbocycles. The maximum Gasteiger partial charge on any atom is 0.197 e. The van der Waals surface area contributed by atoms with Gasteiger partial charge in [0.2, 0.25) is 0 Å². The molecule has 0 aliphatic carbocycles. The minimum Gasteiger partial charge on any atom is -0.496 e. The minimum atomic E-state index is 0.00801. The Kier molecular flexibility index (Phi) is 3.47. The van der Waals surface area contributed by atoms with Crippen LogP contribution in [0.25, 0.3) is 0 Å². The molecule has 0 aliphatic heterocycles. The third kappa shape index (κ3) is 2.28. The normalized spacial score (nSPS) is 10.2. The number of aryl methyl sites for hydroxylation is 2. The lowest BCUT2D eigenvalue weighted by Gasteiger charge is -2.09. The Bertz CT molecular complexity index is 585. The molecule has 18 heavy (non-hydrogen) atoms. The largest absolute Gasteiger partial charge is 0.496 e. The van der Waals surface area contributed by atoms with E-state index in [0.29, 0.717) is 11.3 Å². The number of ketones is 1.